The first kappa shape index (κ1) is 15.8. The zero-order chi connectivity index (χ0) is 12.1. The summed E-state index contributed by atoms with van der Waals surface area (Å²) in [5, 5.41) is 17.2. The van der Waals surface area contributed by atoms with Crippen molar-refractivity contribution in [2.45, 2.75) is 25.9 Å². The van der Waals surface area contributed by atoms with Crippen molar-refractivity contribution in [3.63, 3.8) is 0 Å². The SMILES string of the molecule is CCCCOC(COCCO)COCCO. The molecule has 0 aliphatic heterocycles. The maximum absolute atomic E-state index is 8.58. The number of unbranched alkanes of at least 4 members (excludes halogenated alkanes) is 1. The van der Waals surface area contributed by atoms with Crippen molar-refractivity contribution in [2.24, 2.45) is 0 Å². The molecule has 0 aromatic heterocycles. The van der Waals surface area contributed by atoms with Crippen LogP contribution in [0.5, 0.6) is 0 Å². The second-order valence-electron chi connectivity index (χ2n) is 3.44. The van der Waals surface area contributed by atoms with Gasteiger partial charge in [-0.2, -0.15) is 0 Å². The molecule has 0 aliphatic carbocycles. The number of aliphatic hydroxyl groups excluding tert-OH is 2. The Bertz CT molecular complexity index is 108. The van der Waals surface area contributed by atoms with Gasteiger partial charge in [-0.25, -0.2) is 0 Å². The van der Waals surface area contributed by atoms with Crippen molar-refractivity contribution >= 4 is 0 Å². The monoisotopic (exact) mass is 236 g/mol. The predicted molar refractivity (Wildman–Crippen MR) is 60.5 cm³/mol. The van der Waals surface area contributed by atoms with Gasteiger partial charge in [0.2, 0.25) is 0 Å². The summed E-state index contributed by atoms with van der Waals surface area (Å²) in [5.41, 5.74) is 0. The van der Waals surface area contributed by atoms with E-state index in [2.05, 4.69) is 6.92 Å². The molecule has 0 spiro atoms. The van der Waals surface area contributed by atoms with Crippen LogP contribution >= 0.6 is 0 Å². The molecule has 0 unspecified atom stereocenters. The molecule has 5 nitrogen and oxygen atoms in total. The molecule has 0 aromatic rings. The summed E-state index contributed by atoms with van der Waals surface area (Å²) in [5.74, 6) is 0. The van der Waals surface area contributed by atoms with Crippen LogP contribution < -0.4 is 0 Å². The minimum atomic E-state index is -0.121. The molecule has 0 saturated carbocycles. The number of aliphatic hydroxyl groups is 2. The highest BCUT2D eigenvalue weighted by Gasteiger charge is 2.09. The van der Waals surface area contributed by atoms with Crippen molar-refractivity contribution in [1.82, 2.24) is 0 Å². The average Bonchev–Trinajstić information content (AvgIpc) is 2.29. The number of rotatable bonds is 12. The van der Waals surface area contributed by atoms with Crippen molar-refractivity contribution in [3.05, 3.63) is 0 Å². The standard InChI is InChI=1S/C11H24O5/c1-2-3-6-16-11(9-14-7-4-12)10-15-8-5-13/h11-13H,2-10H2,1H3. The van der Waals surface area contributed by atoms with Crippen LogP contribution in [0.15, 0.2) is 0 Å². The quantitative estimate of drug-likeness (QED) is 0.473. The van der Waals surface area contributed by atoms with Crippen LogP contribution in [-0.4, -0.2) is 62.6 Å². The molecule has 0 radical (unpaired) electrons. The van der Waals surface area contributed by atoms with E-state index in [1.165, 1.54) is 0 Å². The summed E-state index contributed by atoms with van der Waals surface area (Å²) in [7, 11) is 0. The highest BCUT2D eigenvalue weighted by atomic mass is 16.6. The second kappa shape index (κ2) is 12.9. The minimum Gasteiger partial charge on any atom is -0.394 e. The number of hydrogen-bond acceptors (Lipinski definition) is 5. The summed E-state index contributed by atoms with van der Waals surface area (Å²) in [6.45, 7) is 4.26. The Labute approximate surface area is 97.3 Å². The van der Waals surface area contributed by atoms with E-state index < -0.39 is 0 Å². The van der Waals surface area contributed by atoms with Gasteiger partial charge in [-0.3, -0.25) is 0 Å². The van der Waals surface area contributed by atoms with Gasteiger partial charge in [0.25, 0.3) is 0 Å². The summed E-state index contributed by atoms with van der Waals surface area (Å²) in [6.07, 6.45) is 1.97. The Morgan fingerprint density at radius 3 is 1.94 bits per heavy atom. The van der Waals surface area contributed by atoms with Gasteiger partial charge in [0.05, 0.1) is 39.6 Å². The first-order chi connectivity index (χ1) is 7.85. The molecule has 0 bridgehead atoms. The lowest BCUT2D eigenvalue weighted by molar-refractivity contribution is -0.0674. The van der Waals surface area contributed by atoms with E-state index in [0.29, 0.717) is 33.0 Å². The Morgan fingerprint density at radius 2 is 1.50 bits per heavy atom. The largest absolute Gasteiger partial charge is 0.394 e. The molecule has 0 amide bonds. The fraction of sp³-hybridized carbons (Fsp3) is 1.00. The summed E-state index contributed by atoms with van der Waals surface area (Å²) in [4.78, 5) is 0. The topological polar surface area (TPSA) is 68.2 Å². The predicted octanol–water partition coefficient (Wildman–Crippen LogP) is 0.189. The Balaban J connectivity index is 3.58. The molecule has 0 heterocycles. The van der Waals surface area contributed by atoms with Crippen LogP contribution in [-0.2, 0) is 14.2 Å². The third kappa shape index (κ3) is 10.3. The first-order valence-electron chi connectivity index (χ1n) is 5.84. The van der Waals surface area contributed by atoms with Crippen LogP contribution in [0.25, 0.3) is 0 Å². The lowest BCUT2D eigenvalue weighted by Crippen LogP contribution is -2.27. The molecular weight excluding hydrogens is 212 g/mol. The molecule has 0 atom stereocenters. The van der Waals surface area contributed by atoms with Gasteiger partial charge in [0.1, 0.15) is 6.10 Å². The van der Waals surface area contributed by atoms with Crippen molar-refractivity contribution in [2.75, 3.05) is 46.2 Å². The van der Waals surface area contributed by atoms with Gasteiger partial charge in [0.15, 0.2) is 0 Å². The second-order valence-corrected chi connectivity index (χ2v) is 3.44. The van der Waals surface area contributed by atoms with Crippen molar-refractivity contribution in [3.8, 4) is 0 Å². The summed E-state index contributed by atoms with van der Waals surface area (Å²) >= 11 is 0. The minimum absolute atomic E-state index is 0.0131. The van der Waals surface area contributed by atoms with E-state index >= 15 is 0 Å². The van der Waals surface area contributed by atoms with Gasteiger partial charge in [-0.1, -0.05) is 13.3 Å². The third-order valence-electron chi connectivity index (χ3n) is 1.93. The number of hydrogen-bond donors (Lipinski definition) is 2. The maximum Gasteiger partial charge on any atom is 0.104 e. The summed E-state index contributed by atoms with van der Waals surface area (Å²) in [6, 6.07) is 0. The molecule has 0 aromatic carbocycles. The van der Waals surface area contributed by atoms with Crippen molar-refractivity contribution < 1.29 is 24.4 Å². The van der Waals surface area contributed by atoms with E-state index in [9.17, 15) is 0 Å². The van der Waals surface area contributed by atoms with Crippen LogP contribution in [0.4, 0.5) is 0 Å². The van der Waals surface area contributed by atoms with E-state index in [1.54, 1.807) is 0 Å². The molecule has 5 heteroatoms. The molecule has 0 fully saturated rings. The van der Waals surface area contributed by atoms with E-state index in [0.717, 1.165) is 12.8 Å². The molecule has 98 valence electrons. The van der Waals surface area contributed by atoms with Crippen molar-refractivity contribution in [1.29, 1.82) is 0 Å². The Hall–Kier alpha value is -0.200. The van der Waals surface area contributed by atoms with Gasteiger partial charge in [-0.05, 0) is 6.42 Å². The molecule has 16 heavy (non-hydrogen) atoms. The Morgan fingerprint density at radius 1 is 0.938 bits per heavy atom. The van der Waals surface area contributed by atoms with Crippen LogP contribution in [0.2, 0.25) is 0 Å². The van der Waals surface area contributed by atoms with Gasteiger partial charge >= 0.3 is 0 Å². The lowest BCUT2D eigenvalue weighted by atomic mass is 10.3. The van der Waals surface area contributed by atoms with Crippen LogP contribution in [0.3, 0.4) is 0 Å². The van der Waals surface area contributed by atoms with Crippen LogP contribution in [0.1, 0.15) is 19.8 Å². The molecular formula is C11H24O5. The highest BCUT2D eigenvalue weighted by molar-refractivity contribution is 4.55. The maximum atomic E-state index is 8.58. The zero-order valence-electron chi connectivity index (χ0n) is 10.1. The lowest BCUT2D eigenvalue weighted by Gasteiger charge is -2.17. The first-order valence-corrected chi connectivity index (χ1v) is 5.84. The normalized spacial score (nSPS) is 11.2. The molecule has 0 rings (SSSR count). The average molecular weight is 236 g/mol. The third-order valence-corrected chi connectivity index (χ3v) is 1.93. The molecule has 0 aliphatic rings. The van der Waals surface area contributed by atoms with Crippen LogP contribution in [0, 0.1) is 0 Å². The number of ether oxygens (including phenoxy) is 3. The smallest absolute Gasteiger partial charge is 0.104 e. The van der Waals surface area contributed by atoms with Gasteiger partial charge in [0, 0.05) is 6.61 Å². The molecule has 0 saturated heterocycles. The van der Waals surface area contributed by atoms with Gasteiger partial charge in [-0.15, -0.1) is 0 Å². The van der Waals surface area contributed by atoms with Gasteiger partial charge < -0.3 is 24.4 Å². The van der Waals surface area contributed by atoms with E-state index in [-0.39, 0.29) is 19.3 Å². The highest BCUT2D eigenvalue weighted by Crippen LogP contribution is 1.98. The van der Waals surface area contributed by atoms with E-state index in [4.69, 9.17) is 24.4 Å². The fourth-order valence-corrected chi connectivity index (χ4v) is 1.10. The molecule has 2 N–H and O–H groups in total. The Kier molecular flexibility index (Phi) is 12.7. The van der Waals surface area contributed by atoms with E-state index in [1.807, 2.05) is 0 Å². The fourth-order valence-electron chi connectivity index (χ4n) is 1.10. The zero-order valence-corrected chi connectivity index (χ0v) is 10.1. The summed E-state index contributed by atoms with van der Waals surface area (Å²) < 4.78 is 15.9.